The van der Waals surface area contributed by atoms with Gasteiger partial charge in [0, 0.05) is 36.9 Å². The van der Waals surface area contributed by atoms with E-state index in [0.29, 0.717) is 31.0 Å². The van der Waals surface area contributed by atoms with Crippen molar-refractivity contribution in [2.75, 3.05) is 12.4 Å². The van der Waals surface area contributed by atoms with Gasteiger partial charge in [-0.1, -0.05) is 41.6 Å². The van der Waals surface area contributed by atoms with E-state index in [1.54, 1.807) is 18.5 Å². The summed E-state index contributed by atoms with van der Waals surface area (Å²) in [6.07, 6.45) is 1.67. The van der Waals surface area contributed by atoms with Gasteiger partial charge < -0.3 is 4.74 Å². The summed E-state index contributed by atoms with van der Waals surface area (Å²) in [6.45, 7) is 6.13. The molecular formula is C20H26N2O3S. The van der Waals surface area contributed by atoms with Crippen molar-refractivity contribution in [2.45, 2.75) is 45.2 Å². The van der Waals surface area contributed by atoms with E-state index in [9.17, 15) is 9.59 Å². The van der Waals surface area contributed by atoms with E-state index < -0.39 is 0 Å². The monoisotopic (exact) mass is 374 g/mol. The van der Waals surface area contributed by atoms with Crippen molar-refractivity contribution in [3.63, 3.8) is 0 Å². The number of nitrogens with zero attached hydrogens (tertiary/aromatic N) is 2. The lowest BCUT2D eigenvalue weighted by atomic mass is 10.0. The molecular weight excluding hydrogens is 348 g/mol. The van der Waals surface area contributed by atoms with Crippen LogP contribution < -0.4 is 5.56 Å². The number of esters is 1. The average Bonchev–Trinajstić information content (AvgIpc) is 2.61. The molecule has 0 radical (unpaired) electrons. The van der Waals surface area contributed by atoms with E-state index in [0.717, 1.165) is 22.6 Å². The summed E-state index contributed by atoms with van der Waals surface area (Å²) in [5, 5.41) is 0.684. The van der Waals surface area contributed by atoms with Crippen molar-refractivity contribution < 1.29 is 9.53 Å². The Morgan fingerprint density at radius 1 is 1.23 bits per heavy atom. The third-order valence-corrected chi connectivity index (χ3v) is 5.23. The zero-order chi connectivity index (χ0) is 19.1. The van der Waals surface area contributed by atoms with E-state index in [1.807, 2.05) is 26.0 Å². The van der Waals surface area contributed by atoms with Crippen LogP contribution in [0.4, 0.5) is 0 Å². The molecule has 0 spiro atoms. The molecule has 2 rings (SSSR count). The molecule has 0 unspecified atom stereocenters. The molecule has 0 aliphatic carbocycles. The molecule has 0 saturated heterocycles. The summed E-state index contributed by atoms with van der Waals surface area (Å²) >= 11 is 1.50. The first kappa shape index (κ1) is 20.2. The minimum atomic E-state index is -0.181. The quantitative estimate of drug-likeness (QED) is 0.307. The molecule has 0 amide bonds. The Labute approximate surface area is 158 Å². The van der Waals surface area contributed by atoms with Crippen LogP contribution in [0.25, 0.3) is 0 Å². The Bertz CT molecular complexity index is 813. The molecule has 0 aliphatic heterocycles. The van der Waals surface area contributed by atoms with Crippen molar-refractivity contribution in [2.24, 2.45) is 7.05 Å². The van der Waals surface area contributed by atoms with Crippen molar-refractivity contribution in [3.05, 3.63) is 57.0 Å². The van der Waals surface area contributed by atoms with E-state index in [-0.39, 0.29) is 11.5 Å². The Hall–Kier alpha value is -2.08. The summed E-state index contributed by atoms with van der Waals surface area (Å²) in [7, 11) is 1.75. The van der Waals surface area contributed by atoms with E-state index in [1.165, 1.54) is 17.3 Å². The average molecular weight is 375 g/mol. The number of thioether (sulfide) groups is 1. The van der Waals surface area contributed by atoms with Gasteiger partial charge in [-0.3, -0.25) is 14.2 Å². The highest BCUT2D eigenvalue weighted by atomic mass is 32.2. The number of hydrogen-bond donors (Lipinski definition) is 0. The molecule has 26 heavy (non-hydrogen) atoms. The number of hydrogen-bond acceptors (Lipinski definition) is 5. The molecule has 6 heteroatoms. The maximum absolute atomic E-state index is 12.7. The van der Waals surface area contributed by atoms with Gasteiger partial charge in [0.2, 0.25) is 0 Å². The predicted octanol–water partition coefficient (Wildman–Crippen LogP) is 3.42. The molecule has 0 saturated carbocycles. The van der Waals surface area contributed by atoms with Gasteiger partial charge in [-0.25, -0.2) is 4.98 Å². The summed E-state index contributed by atoms with van der Waals surface area (Å²) in [5.74, 6) is 0.537. The van der Waals surface area contributed by atoms with Crippen LogP contribution in [-0.2, 0) is 23.0 Å². The molecule has 1 heterocycles. The number of carbonyl (C=O) groups excluding carboxylic acids is 1. The maximum atomic E-state index is 12.7. The first-order valence-electron chi connectivity index (χ1n) is 8.82. The van der Waals surface area contributed by atoms with Crippen LogP contribution in [0.3, 0.4) is 0 Å². The van der Waals surface area contributed by atoms with E-state index in [4.69, 9.17) is 4.74 Å². The lowest BCUT2D eigenvalue weighted by molar-refractivity contribution is -0.143. The van der Waals surface area contributed by atoms with Gasteiger partial charge in [-0.15, -0.1) is 0 Å². The molecule has 0 bridgehead atoms. The second-order valence-electron chi connectivity index (χ2n) is 6.24. The van der Waals surface area contributed by atoms with Crippen LogP contribution in [0.1, 0.15) is 42.1 Å². The third kappa shape index (κ3) is 5.46. The molecule has 5 nitrogen and oxygen atoms in total. The Morgan fingerprint density at radius 3 is 2.58 bits per heavy atom. The first-order chi connectivity index (χ1) is 12.4. The highest BCUT2D eigenvalue weighted by Gasteiger charge is 2.13. The predicted molar refractivity (Wildman–Crippen MR) is 105 cm³/mol. The van der Waals surface area contributed by atoms with Crippen LogP contribution in [0, 0.1) is 13.8 Å². The molecule has 140 valence electrons. The lowest BCUT2D eigenvalue weighted by Crippen LogP contribution is -2.25. The Kier molecular flexibility index (Phi) is 7.45. The van der Waals surface area contributed by atoms with Gasteiger partial charge in [-0.2, -0.15) is 0 Å². The number of benzene rings is 1. The van der Waals surface area contributed by atoms with Crippen LogP contribution in [-0.4, -0.2) is 27.9 Å². The molecule has 0 aliphatic rings. The second-order valence-corrected chi connectivity index (χ2v) is 7.30. The Balaban J connectivity index is 2.06. The summed E-state index contributed by atoms with van der Waals surface area (Å²) < 4.78 is 6.52. The minimum Gasteiger partial charge on any atom is -0.466 e. The van der Waals surface area contributed by atoms with Crippen LogP contribution in [0.2, 0.25) is 0 Å². The van der Waals surface area contributed by atoms with Crippen LogP contribution in [0.15, 0.2) is 34.2 Å². The van der Waals surface area contributed by atoms with Gasteiger partial charge in [0.25, 0.3) is 5.56 Å². The smallest absolute Gasteiger partial charge is 0.305 e. The highest BCUT2D eigenvalue weighted by Crippen LogP contribution is 2.18. The first-order valence-corrected chi connectivity index (χ1v) is 9.81. The van der Waals surface area contributed by atoms with Crippen LogP contribution in [0.5, 0.6) is 0 Å². The number of aromatic nitrogens is 2. The zero-order valence-corrected chi connectivity index (χ0v) is 16.7. The molecule has 1 aromatic heterocycles. The lowest BCUT2D eigenvalue weighted by Gasteiger charge is -2.12. The molecule has 1 aromatic carbocycles. The summed E-state index contributed by atoms with van der Waals surface area (Å²) in [6, 6.07) is 8.20. The standard InChI is InChI=1S/C20H26N2O3S/c1-5-25-18(23)7-6-12-26-20-21-15(3)17(19(24)22(20)4)13-16-10-8-14(2)9-11-16/h8-11H,5-7,12-13H2,1-4H3. The van der Waals surface area contributed by atoms with Crippen molar-refractivity contribution in [3.8, 4) is 0 Å². The van der Waals surface area contributed by atoms with E-state index in [2.05, 4.69) is 17.1 Å². The fraction of sp³-hybridized carbons (Fsp3) is 0.450. The third-order valence-electron chi connectivity index (χ3n) is 4.11. The Morgan fingerprint density at radius 2 is 1.92 bits per heavy atom. The normalized spacial score (nSPS) is 10.8. The number of ether oxygens (including phenoxy) is 1. The fourth-order valence-electron chi connectivity index (χ4n) is 2.59. The molecule has 0 atom stereocenters. The second kappa shape index (κ2) is 9.57. The topological polar surface area (TPSA) is 61.2 Å². The van der Waals surface area contributed by atoms with Crippen molar-refractivity contribution in [1.82, 2.24) is 9.55 Å². The SMILES string of the molecule is CCOC(=O)CCCSc1nc(C)c(Cc2ccc(C)cc2)c(=O)n1C. The van der Waals surface area contributed by atoms with Crippen LogP contribution >= 0.6 is 11.8 Å². The van der Waals surface area contributed by atoms with Crippen molar-refractivity contribution in [1.29, 1.82) is 0 Å². The maximum Gasteiger partial charge on any atom is 0.305 e. The van der Waals surface area contributed by atoms with Gasteiger partial charge in [0.1, 0.15) is 0 Å². The molecule has 2 aromatic rings. The summed E-state index contributed by atoms with van der Waals surface area (Å²) in [5.41, 5.74) is 3.79. The zero-order valence-electron chi connectivity index (χ0n) is 15.9. The number of aryl methyl sites for hydroxylation is 2. The summed E-state index contributed by atoms with van der Waals surface area (Å²) in [4.78, 5) is 28.7. The van der Waals surface area contributed by atoms with Gasteiger partial charge >= 0.3 is 5.97 Å². The van der Waals surface area contributed by atoms with Gasteiger partial charge in [-0.05, 0) is 32.8 Å². The van der Waals surface area contributed by atoms with Crippen molar-refractivity contribution >= 4 is 17.7 Å². The van der Waals surface area contributed by atoms with Gasteiger partial charge in [0.05, 0.1) is 6.61 Å². The minimum absolute atomic E-state index is 0.00836. The molecule has 0 N–H and O–H groups in total. The number of rotatable bonds is 8. The molecule has 0 fully saturated rings. The fourth-order valence-corrected chi connectivity index (χ4v) is 3.54. The highest BCUT2D eigenvalue weighted by molar-refractivity contribution is 7.99. The number of carbonyl (C=O) groups is 1. The van der Waals surface area contributed by atoms with Gasteiger partial charge in [0.15, 0.2) is 5.16 Å². The van der Waals surface area contributed by atoms with E-state index >= 15 is 0 Å². The largest absolute Gasteiger partial charge is 0.466 e.